The maximum atomic E-state index is 7.78. The Morgan fingerprint density at radius 2 is 1.31 bits per heavy atom. The number of fused-ring (bicyclic) bond motifs is 4. The number of rotatable bonds is 8. The molecule has 65 heavy (non-hydrogen) atoms. The summed E-state index contributed by atoms with van der Waals surface area (Å²) in [5, 5.41) is 2.15. The van der Waals surface area contributed by atoms with Gasteiger partial charge < -0.3 is 8.98 Å². The van der Waals surface area contributed by atoms with E-state index in [1.807, 2.05) is 30.3 Å². The summed E-state index contributed by atoms with van der Waals surface area (Å²) in [5.74, 6) is 8.06. The Balaban J connectivity index is 0.000000251. The van der Waals surface area contributed by atoms with Gasteiger partial charge in [-0.1, -0.05) is 129 Å². The summed E-state index contributed by atoms with van der Waals surface area (Å²) in [5.41, 5.74) is 16.4. The van der Waals surface area contributed by atoms with Crippen molar-refractivity contribution in [3.8, 4) is 50.6 Å². The van der Waals surface area contributed by atoms with Crippen LogP contribution in [0.15, 0.2) is 162 Å². The van der Waals surface area contributed by atoms with Gasteiger partial charge in [0.15, 0.2) is 0 Å². The van der Waals surface area contributed by atoms with Crippen LogP contribution in [0.3, 0.4) is 0 Å². The van der Waals surface area contributed by atoms with E-state index in [1.54, 1.807) is 12.3 Å². The Kier molecular flexibility index (Phi) is 12.2. The van der Waals surface area contributed by atoms with Crippen molar-refractivity contribution >= 4 is 50.6 Å². The molecular formula is C59H55GeIrN3O-2. The van der Waals surface area contributed by atoms with Crippen LogP contribution in [0.4, 0.5) is 0 Å². The Morgan fingerprint density at radius 1 is 0.662 bits per heavy atom. The van der Waals surface area contributed by atoms with Gasteiger partial charge in [0.1, 0.15) is 5.58 Å². The Bertz CT molecular complexity index is 3360. The quantitative estimate of drug-likeness (QED) is 0.112. The predicted molar refractivity (Wildman–Crippen MR) is 273 cm³/mol. The van der Waals surface area contributed by atoms with Crippen LogP contribution >= 0.6 is 0 Å². The molecule has 0 aliphatic rings. The molecule has 0 spiro atoms. The van der Waals surface area contributed by atoms with Crippen LogP contribution in [0.5, 0.6) is 0 Å². The summed E-state index contributed by atoms with van der Waals surface area (Å²) in [7, 11) is 0. The second kappa shape index (κ2) is 18.9. The molecule has 0 N–H and O–H groups in total. The number of pyridine rings is 1. The largest absolute Gasteiger partial charge is 0 e. The summed E-state index contributed by atoms with van der Waals surface area (Å²) >= 11 is -2.27. The number of furan rings is 1. The van der Waals surface area contributed by atoms with Gasteiger partial charge >= 0.3 is 110 Å². The van der Waals surface area contributed by atoms with Gasteiger partial charge in [-0.05, 0) is 76.4 Å². The summed E-state index contributed by atoms with van der Waals surface area (Å²) < 4.78 is 33.3. The number of aryl methyl sites for hydroxylation is 2. The first kappa shape index (κ1) is 41.8. The number of nitrogens with zero attached hydrogens (tertiary/aromatic N) is 3. The van der Waals surface area contributed by atoms with E-state index in [1.165, 1.54) is 39.1 Å². The zero-order valence-electron chi connectivity index (χ0n) is 41.2. The minimum atomic E-state index is -2.27. The van der Waals surface area contributed by atoms with E-state index in [-0.39, 0.29) is 20.1 Å². The molecule has 3 aromatic heterocycles. The zero-order valence-corrected chi connectivity index (χ0v) is 42.7. The average molecular weight is 1090 g/mol. The Hall–Kier alpha value is -5.85. The van der Waals surface area contributed by atoms with Gasteiger partial charge in [0, 0.05) is 31.2 Å². The first-order chi connectivity index (χ1) is 32.1. The number of hydrogen-bond donors (Lipinski definition) is 0. The van der Waals surface area contributed by atoms with Crippen LogP contribution in [-0.4, -0.2) is 27.8 Å². The molecule has 1 radical (unpaired) electrons. The third kappa shape index (κ3) is 9.20. The number of imidazole rings is 1. The third-order valence-electron chi connectivity index (χ3n) is 12.0. The Labute approximate surface area is 404 Å². The van der Waals surface area contributed by atoms with E-state index >= 15 is 0 Å². The molecule has 0 amide bonds. The summed E-state index contributed by atoms with van der Waals surface area (Å²) in [6, 6.07) is 58.9. The zero-order chi connectivity index (χ0) is 47.2. The first-order valence-corrected chi connectivity index (χ1v) is 29.5. The van der Waals surface area contributed by atoms with Crippen LogP contribution in [0.1, 0.15) is 65.9 Å². The molecule has 0 aliphatic heterocycles. The molecular weight excluding hydrogens is 1030 g/mol. The maximum absolute atomic E-state index is 7.78. The Morgan fingerprint density at radius 3 is 1.97 bits per heavy atom. The molecule has 0 unspecified atom stereocenters. The fourth-order valence-corrected chi connectivity index (χ4v) is 11.5. The van der Waals surface area contributed by atoms with Gasteiger partial charge in [0.25, 0.3) is 0 Å². The van der Waals surface area contributed by atoms with Gasteiger partial charge in [-0.2, -0.15) is 0 Å². The van der Waals surface area contributed by atoms with Crippen molar-refractivity contribution in [3.05, 3.63) is 192 Å². The number of para-hydroxylation sites is 2. The van der Waals surface area contributed by atoms with E-state index in [0.717, 1.165) is 59.9 Å². The second-order valence-corrected chi connectivity index (χ2v) is 28.9. The number of hydrogen-bond acceptors (Lipinski definition) is 3. The van der Waals surface area contributed by atoms with Crippen LogP contribution in [-0.2, 0) is 20.1 Å². The molecule has 10 rings (SSSR count). The molecule has 0 atom stereocenters. The van der Waals surface area contributed by atoms with Crippen LogP contribution in [0.25, 0.3) is 83.6 Å². The molecule has 327 valence electrons. The topological polar surface area (TPSA) is 43.9 Å². The third-order valence-corrected chi connectivity index (χ3v) is 16.2. The van der Waals surface area contributed by atoms with Crippen LogP contribution < -0.4 is 4.40 Å². The van der Waals surface area contributed by atoms with Gasteiger partial charge in [-0.15, -0.1) is 18.2 Å². The fraction of sp³-hybridized carbons (Fsp3) is 0.186. The van der Waals surface area contributed by atoms with Gasteiger partial charge in [-0.25, -0.2) is 0 Å². The van der Waals surface area contributed by atoms with E-state index < -0.39 is 20.1 Å². The van der Waals surface area contributed by atoms with Crippen molar-refractivity contribution in [2.45, 2.75) is 70.6 Å². The molecule has 7 aromatic carbocycles. The fourth-order valence-electron chi connectivity index (χ4n) is 8.72. The van der Waals surface area contributed by atoms with Crippen molar-refractivity contribution in [1.82, 2.24) is 14.5 Å². The average Bonchev–Trinajstić information content (AvgIpc) is 3.90. The van der Waals surface area contributed by atoms with Crippen LogP contribution in [0, 0.1) is 25.9 Å². The van der Waals surface area contributed by atoms with Crippen molar-refractivity contribution < 1.29 is 28.6 Å². The minimum Gasteiger partial charge on any atom is 0 e. The maximum Gasteiger partial charge on any atom is 0 e. The van der Waals surface area contributed by atoms with E-state index in [2.05, 4.69) is 189 Å². The van der Waals surface area contributed by atoms with Gasteiger partial charge in [-0.3, -0.25) is 4.98 Å². The number of benzene rings is 7. The van der Waals surface area contributed by atoms with Gasteiger partial charge in [0.05, 0.1) is 22.4 Å². The SMILES string of the molecule is Cc1cc(C(C)C)c(-n2c(-c3[c-]ccc4c3oc3ccc(-c5ccc(-c6ccccc6)cc5)cc34)nc3ccccc32)c(C(C)C)c1.[2H]C([2H])([2H])c1cc(-c2[c-]cccc2)nc[c]1[Ge]([CH3])([CH3])[CH3].[Ir]. The van der Waals surface area contributed by atoms with Crippen molar-refractivity contribution in [2.24, 2.45) is 0 Å². The monoisotopic (exact) mass is 1090 g/mol. The van der Waals surface area contributed by atoms with Crippen molar-refractivity contribution in [1.29, 1.82) is 0 Å². The normalized spacial score (nSPS) is 12.5. The van der Waals surface area contributed by atoms with Crippen molar-refractivity contribution in [2.75, 3.05) is 0 Å². The molecule has 0 fully saturated rings. The standard InChI is InChI=1S/C44H37N2O.C15H18GeN.Ir/c1-27(2)36-24-29(5)25-37(28(3)4)42(36)46-40-17-10-9-16-39(40)45-44(46)35-15-11-14-34-38-26-33(22-23-41(38)47-43(34)35)32-20-18-31(19-21-32)30-12-7-6-8-13-30;1-12-10-15(13-8-6-5-7-9-13)17-11-14(12)16(2,3)4;/h6-14,16-28H,1-5H3;5-8,10-11H,1-4H3;/q2*-1;/i;1D3;. The van der Waals surface area contributed by atoms with Crippen molar-refractivity contribution in [3.63, 3.8) is 0 Å². The predicted octanol–water partition coefficient (Wildman–Crippen LogP) is 15.7. The molecule has 3 heterocycles. The summed E-state index contributed by atoms with van der Waals surface area (Å²) in [6.45, 7) is 9.21. The molecule has 0 aliphatic carbocycles. The van der Waals surface area contributed by atoms with Crippen LogP contribution in [0.2, 0.25) is 17.3 Å². The molecule has 0 saturated heterocycles. The summed E-state index contributed by atoms with van der Waals surface area (Å²) in [6.07, 6.45) is 1.76. The van der Waals surface area contributed by atoms with E-state index in [9.17, 15) is 0 Å². The first-order valence-electron chi connectivity index (χ1n) is 23.7. The molecule has 6 heteroatoms. The second-order valence-electron chi connectivity index (χ2n) is 18.4. The molecule has 4 nitrogen and oxygen atoms in total. The molecule has 0 bridgehead atoms. The van der Waals surface area contributed by atoms with E-state index in [4.69, 9.17) is 13.5 Å². The minimum absolute atomic E-state index is 0. The van der Waals surface area contributed by atoms with Gasteiger partial charge in [0.2, 0.25) is 0 Å². The smallest absolute Gasteiger partial charge is 0 e. The number of aromatic nitrogens is 3. The summed E-state index contributed by atoms with van der Waals surface area (Å²) in [4.78, 5) is 9.73. The molecule has 10 aromatic rings. The molecule has 0 saturated carbocycles. The van der Waals surface area contributed by atoms with E-state index in [0.29, 0.717) is 23.1 Å².